The first-order valence-electron chi connectivity index (χ1n) is 5.30. The van der Waals surface area contributed by atoms with Crippen LogP contribution in [-0.4, -0.2) is 67.9 Å². The molecule has 12 nitrogen and oxygen atoms in total. The summed E-state index contributed by atoms with van der Waals surface area (Å²) in [7, 11) is -3.28. The molecule has 0 spiro atoms. The lowest BCUT2D eigenvalue weighted by molar-refractivity contribution is 0.0249. The molecular formula is C7H15N7O5S. The number of aliphatic hydroxyl groups excluding tert-OH is 1. The Kier molecular flexibility index (Phi) is 8.59. The summed E-state index contributed by atoms with van der Waals surface area (Å²) in [6.45, 7) is -0.799. The summed E-state index contributed by atoms with van der Waals surface area (Å²) in [6, 6.07) is -0.720. The Morgan fingerprint density at radius 2 is 2.00 bits per heavy atom. The van der Waals surface area contributed by atoms with Gasteiger partial charge < -0.3 is 9.84 Å². The van der Waals surface area contributed by atoms with E-state index in [1.54, 1.807) is 0 Å². The van der Waals surface area contributed by atoms with Crippen LogP contribution in [0.25, 0.3) is 20.9 Å². The van der Waals surface area contributed by atoms with Crippen LogP contribution in [0.2, 0.25) is 0 Å². The Balaban J connectivity index is 4.14. The summed E-state index contributed by atoms with van der Waals surface area (Å²) in [5.74, 6) is 0. The zero-order valence-electron chi connectivity index (χ0n) is 10.6. The molecule has 114 valence electrons. The number of aliphatic hydroxyl groups is 1. The maximum atomic E-state index is 10.7. The maximum absolute atomic E-state index is 10.7. The van der Waals surface area contributed by atoms with Crippen LogP contribution in [0.4, 0.5) is 0 Å². The minimum Gasteiger partial charge on any atom is -0.389 e. The molecule has 0 rings (SSSR count). The van der Waals surface area contributed by atoms with Crippen molar-refractivity contribution in [3.63, 3.8) is 0 Å². The largest absolute Gasteiger partial charge is 0.389 e. The Morgan fingerprint density at radius 3 is 2.50 bits per heavy atom. The van der Waals surface area contributed by atoms with Crippen LogP contribution >= 0.6 is 0 Å². The first kappa shape index (κ1) is 18.4. The van der Waals surface area contributed by atoms with Crippen molar-refractivity contribution in [3.05, 3.63) is 20.9 Å². The molecule has 0 bridgehead atoms. The topological polar surface area (TPSA) is 185 Å². The fourth-order valence-electron chi connectivity index (χ4n) is 1.11. The van der Waals surface area contributed by atoms with E-state index in [1.807, 2.05) is 0 Å². The van der Waals surface area contributed by atoms with Crippen LogP contribution in [-0.2, 0) is 15.0 Å². The molecule has 0 aromatic carbocycles. The number of rotatable bonds is 10. The lowest BCUT2D eigenvalue weighted by Gasteiger charge is -2.18. The number of nitrogens with zero attached hydrogens (tertiary/aromatic N) is 7. The molecule has 2 atom stereocenters. The van der Waals surface area contributed by atoms with Gasteiger partial charge in [0.15, 0.2) is 0 Å². The minimum absolute atomic E-state index is 0.0957. The average molecular weight is 309 g/mol. The maximum Gasteiger partial charge on any atom is 0.335 e. The molecule has 2 unspecified atom stereocenters. The quantitative estimate of drug-likeness (QED) is 0.250. The Bertz CT molecular complexity index is 484. The molecule has 0 aliphatic heterocycles. The van der Waals surface area contributed by atoms with E-state index >= 15 is 0 Å². The summed E-state index contributed by atoms with van der Waals surface area (Å²) in [4.78, 5) is 5.05. The normalized spacial score (nSPS) is 14.2. The van der Waals surface area contributed by atoms with Gasteiger partial charge in [0.25, 0.3) is 0 Å². The average Bonchev–Trinajstić information content (AvgIpc) is 2.34. The molecule has 20 heavy (non-hydrogen) atoms. The Morgan fingerprint density at radius 1 is 1.35 bits per heavy atom. The second kappa shape index (κ2) is 9.34. The molecule has 0 aromatic heterocycles. The third-order valence-electron chi connectivity index (χ3n) is 2.05. The van der Waals surface area contributed by atoms with Gasteiger partial charge in [0.05, 0.1) is 25.4 Å². The molecular weight excluding hydrogens is 294 g/mol. The second-order valence-electron chi connectivity index (χ2n) is 3.72. The lowest BCUT2D eigenvalue weighted by Crippen LogP contribution is -2.36. The van der Waals surface area contributed by atoms with Gasteiger partial charge in [0.1, 0.15) is 0 Å². The van der Waals surface area contributed by atoms with Gasteiger partial charge in [-0.3, -0.25) is 4.55 Å². The highest BCUT2D eigenvalue weighted by atomic mass is 32.2. The summed E-state index contributed by atoms with van der Waals surface area (Å²) in [5.41, 5.74) is 16.4. The zero-order valence-corrected chi connectivity index (χ0v) is 11.5. The number of likely N-dealkylation sites (N-methyl/N-ethyl adjacent to an activating group) is 1. The highest BCUT2D eigenvalue weighted by Gasteiger charge is 2.18. The minimum atomic E-state index is -4.36. The standard InChI is InChI=1S/C7H15N7O5S/c1-14(20(16,17)18)3-7(15)5-19-4-6(11-13-9)2-10-12-8/h6-7,15H,2-5H2,1H3,(H,16,17,18). The summed E-state index contributed by atoms with van der Waals surface area (Å²) < 4.78 is 35.6. The molecule has 0 saturated heterocycles. The van der Waals surface area contributed by atoms with Crippen molar-refractivity contribution in [2.75, 3.05) is 33.4 Å². The second-order valence-corrected chi connectivity index (χ2v) is 5.24. The van der Waals surface area contributed by atoms with E-state index in [1.165, 1.54) is 0 Å². The van der Waals surface area contributed by atoms with Gasteiger partial charge in [-0.05, 0) is 11.1 Å². The van der Waals surface area contributed by atoms with Crippen LogP contribution in [0, 0.1) is 0 Å². The van der Waals surface area contributed by atoms with Gasteiger partial charge >= 0.3 is 10.3 Å². The molecule has 2 N–H and O–H groups in total. The fourth-order valence-corrected chi connectivity index (χ4v) is 1.47. The predicted molar refractivity (Wildman–Crippen MR) is 68.0 cm³/mol. The Labute approximate surface area is 115 Å². The number of azide groups is 2. The number of hydrogen-bond acceptors (Lipinski definition) is 6. The molecule has 13 heteroatoms. The zero-order chi connectivity index (χ0) is 15.6. The molecule has 0 saturated carbocycles. The van der Waals surface area contributed by atoms with Crippen LogP contribution in [0.1, 0.15) is 0 Å². The van der Waals surface area contributed by atoms with Gasteiger partial charge in [-0.25, -0.2) is 0 Å². The van der Waals surface area contributed by atoms with Crippen LogP contribution in [0.3, 0.4) is 0 Å². The molecule has 0 aliphatic rings. The molecule has 0 aromatic rings. The number of ether oxygens (including phenoxy) is 1. The molecule has 0 amide bonds. The van der Waals surface area contributed by atoms with Crippen molar-refractivity contribution in [2.24, 2.45) is 10.2 Å². The van der Waals surface area contributed by atoms with E-state index < -0.39 is 22.4 Å². The first-order chi connectivity index (χ1) is 9.31. The lowest BCUT2D eigenvalue weighted by atomic mass is 10.3. The van der Waals surface area contributed by atoms with Crippen molar-refractivity contribution in [1.29, 1.82) is 0 Å². The van der Waals surface area contributed by atoms with E-state index in [4.69, 9.17) is 20.4 Å². The summed E-state index contributed by atoms with van der Waals surface area (Å²) >= 11 is 0. The third kappa shape index (κ3) is 8.50. The van der Waals surface area contributed by atoms with Crippen molar-refractivity contribution in [3.8, 4) is 0 Å². The first-order valence-corrected chi connectivity index (χ1v) is 6.70. The Hall–Kier alpha value is -1.59. The van der Waals surface area contributed by atoms with Crippen molar-refractivity contribution >= 4 is 10.3 Å². The van der Waals surface area contributed by atoms with E-state index in [9.17, 15) is 13.5 Å². The third-order valence-corrected chi connectivity index (χ3v) is 2.99. The van der Waals surface area contributed by atoms with Crippen LogP contribution in [0.5, 0.6) is 0 Å². The van der Waals surface area contributed by atoms with Gasteiger partial charge in [-0.2, -0.15) is 12.7 Å². The fraction of sp³-hybridized carbons (Fsp3) is 1.00. The molecule has 0 fully saturated rings. The van der Waals surface area contributed by atoms with Gasteiger partial charge in [-0.15, -0.1) is 0 Å². The highest BCUT2D eigenvalue weighted by molar-refractivity contribution is 7.83. The van der Waals surface area contributed by atoms with E-state index in [-0.39, 0.29) is 26.3 Å². The molecule has 0 aliphatic carbocycles. The van der Waals surface area contributed by atoms with E-state index in [2.05, 4.69) is 20.1 Å². The SMILES string of the molecule is CN(CC(O)COCC(CN=[N+]=[N-])N=[N+]=[N-])S(=O)(=O)O. The number of hydrogen-bond donors (Lipinski definition) is 2. The van der Waals surface area contributed by atoms with Crippen molar-refractivity contribution in [1.82, 2.24) is 4.31 Å². The van der Waals surface area contributed by atoms with Gasteiger partial charge in [-0.1, -0.05) is 10.2 Å². The molecule has 0 radical (unpaired) electrons. The van der Waals surface area contributed by atoms with Crippen LogP contribution < -0.4 is 0 Å². The van der Waals surface area contributed by atoms with Crippen molar-refractivity contribution < 1.29 is 22.8 Å². The van der Waals surface area contributed by atoms with E-state index in [0.29, 0.717) is 4.31 Å². The van der Waals surface area contributed by atoms with Gasteiger partial charge in [0, 0.05) is 30.0 Å². The van der Waals surface area contributed by atoms with E-state index in [0.717, 1.165) is 7.05 Å². The highest BCUT2D eigenvalue weighted by Crippen LogP contribution is 1.99. The van der Waals surface area contributed by atoms with Crippen LogP contribution in [0.15, 0.2) is 10.2 Å². The summed E-state index contributed by atoms with van der Waals surface area (Å²) in [5, 5.41) is 16.0. The molecule has 0 heterocycles. The van der Waals surface area contributed by atoms with Gasteiger partial charge in [0.2, 0.25) is 0 Å². The van der Waals surface area contributed by atoms with Crippen molar-refractivity contribution in [2.45, 2.75) is 12.1 Å². The summed E-state index contributed by atoms with van der Waals surface area (Å²) in [6.07, 6.45) is -1.17. The predicted octanol–water partition coefficient (Wildman–Crippen LogP) is 0.0877. The monoisotopic (exact) mass is 309 g/mol. The smallest absolute Gasteiger partial charge is 0.335 e.